The molecular weight excluding hydrogens is 362 g/mol. The molecule has 5 heteroatoms. The summed E-state index contributed by atoms with van der Waals surface area (Å²) in [6.45, 7) is 2.69. The van der Waals surface area contributed by atoms with Gasteiger partial charge in [0.1, 0.15) is 17.2 Å². The maximum Gasteiger partial charge on any atom is 0.137 e. The van der Waals surface area contributed by atoms with E-state index in [-0.39, 0.29) is 5.92 Å². The Kier molecular flexibility index (Phi) is 5.20. The lowest BCUT2D eigenvalue weighted by molar-refractivity contribution is 0.278. The van der Waals surface area contributed by atoms with Crippen molar-refractivity contribution >= 4 is 11.6 Å². The van der Waals surface area contributed by atoms with E-state index in [1.54, 1.807) is 14.2 Å². The molecular formula is C22H26ClNO3. The number of hydrogen-bond acceptors (Lipinski definition) is 4. The first-order valence-corrected chi connectivity index (χ1v) is 9.87. The van der Waals surface area contributed by atoms with E-state index in [0.717, 1.165) is 56.2 Å². The fourth-order valence-electron chi connectivity index (χ4n) is 4.24. The highest BCUT2D eigenvalue weighted by molar-refractivity contribution is 6.32. The van der Waals surface area contributed by atoms with Crippen molar-refractivity contribution in [1.82, 2.24) is 4.90 Å². The standard InChI is InChI=1S/C22H26ClNO3/c1-24-7-6-14-10-20(23)21(26-3)12-17(14)19(13-24)18-11-16(25-2)9-15-5-4-8-27-22(15)18/h9-12,19H,4-8,13H2,1-3H3. The van der Waals surface area contributed by atoms with Crippen LogP contribution in [0.15, 0.2) is 24.3 Å². The van der Waals surface area contributed by atoms with Crippen LogP contribution in [-0.2, 0) is 12.8 Å². The Balaban J connectivity index is 1.90. The Bertz CT molecular complexity index is 852. The summed E-state index contributed by atoms with van der Waals surface area (Å²) in [5.74, 6) is 2.83. The van der Waals surface area contributed by atoms with Gasteiger partial charge in [-0.25, -0.2) is 0 Å². The number of benzene rings is 2. The predicted octanol–water partition coefficient (Wildman–Crippen LogP) is 4.30. The molecule has 4 nitrogen and oxygen atoms in total. The SMILES string of the molecule is COc1cc2c(c(C3CN(C)CCc4cc(Cl)c(OC)cc43)c1)OCCC2. The number of aryl methyl sites for hydroxylation is 1. The maximum atomic E-state index is 6.42. The number of hydrogen-bond donors (Lipinski definition) is 0. The molecule has 1 unspecified atom stereocenters. The molecule has 0 spiro atoms. The molecule has 4 rings (SSSR count). The van der Waals surface area contributed by atoms with Gasteiger partial charge in [0.05, 0.1) is 25.8 Å². The maximum absolute atomic E-state index is 6.42. The summed E-state index contributed by atoms with van der Waals surface area (Å²) in [5.41, 5.74) is 4.99. The van der Waals surface area contributed by atoms with Crippen LogP contribution in [0.4, 0.5) is 0 Å². The monoisotopic (exact) mass is 387 g/mol. The highest BCUT2D eigenvalue weighted by Gasteiger charge is 2.29. The third kappa shape index (κ3) is 3.48. The molecule has 0 saturated heterocycles. The molecule has 27 heavy (non-hydrogen) atoms. The fraction of sp³-hybridized carbons (Fsp3) is 0.455. The third-order valence-electron chi connectivity index (χ3n) is 5.66. The number of fused-ring (bicyclic) bond motifs is 2. The molecule has 2 aliphatic rings. The summed E-state index contributed by atoms with van der Waals surface area (Å²) >= 11 is 6.42. The van der Waals surface area contributed by atoms with Crippen molar-refractivity contribution in [3.05, 3.63) is 51.5 Å². The molecule has 2 aliphatic heterocycles. The van der Waals surface area contributed by atoms with E-state index in [1.165, 1.54) is 22.3 Å². The van der Waals surface area contributed by atoms with Gasteiger partial charge in [-0.05, 0) is 67.3 Å². The summed E-state index contributed by atoms with van der Waals surface area (Å²) in [4.78, 5) is 2.37. The Morgan fingerprint density at radius 2 is 1.89 bits per heavy atom. The first-order chi connectivity index (χ1) is 13.1. The second-order valence-corrected chi connectivity index (χ2v) is 7.81. The number of likely N-dealkylation sites (N-methyl/N-ethyl adjacent to an activating group) is 1. The summed E-state index contributed by atoms with van der Waals surface area (Å²) in [7, 11) is 5.57. The smallest absolute Gasteiger partial charge is 0.137 e. The lowest BCUT2D eigenvalue weighted by Crippen LogP contribution is -2.25. The van der Waals surface area contributed by atoms with Crippen LogP contribution in [0, 0.1) is 0 Å². The topological polar surface area (TPSA) is 30.9 Å². The zero-order chi connectivity index (χ0) is 19.0. The zero-order valence-electron chi connectivity index (χ0n) is 16.2. The van der Waals surface area contributed by atoms with E-state index in [4.69, 9.17) is 25.8 Å². The highest BCUT2D eigenvalue weighted by Crippen LogP contribution is 2.43. The van der Waals surface area contributed by atoms with Gasteiger partial charge in [0, 0.05) is 24.6 Å². The second kappa shape index (κ2) is 7.61. The van der Waals surface area contributed by atoms with Crippen LogP contribution in [0.1, 0.15) is 34.6 Å². The van der Waals surface area contributed by atoms with E-state index in [9.17, 15) is 0 Å². The van der Waals surface area contributed by atoms with Crippen molar-refractivity contribution < 1.29 is 14.2 Å². The molecule has 0 radical (unpaired) electrons. The van der Waals surface area contributed by atoms with Crippen molar-refractivity contribution in [3.63, 3.8) is 0 Å². The van der Waals surface area contributed by atoms with Crippen LogP contribution in [0.5, 0.6) is 17.2 Å². The van der Waals surface area contributed by atoms with Crippen LogP contribution in [0.2, 0.25) is 5.02 Å². The van der Waals surface area contributed by atoms with Crippen molar-refractivity contribution in [3.8, 4) is 17.2 Å². The molecule has 0 N–H and O–H groups in total. The van der Waals surface area contributed by atoms with Gasteiger partial charge >= 0.3 is 0 Å². The molecule has 1 atom stereocenters. The van der Waals surface area contributed by atoms with Crippen LogP contribution in [0.3, 0.4) is 0 Å². The van der Waals surface area contributed by atoms with E-state index in [2.05, 4.69) is 36.2 Å². The Morgan fingerprint density at radius 3 is 2.67 bits per heavy atom. The number of nitrogens with zero attached hydrogens (tertiary/aromatic N) is 1. The van der Waals surface area contributed by atoms with E-state index >= 15 is 0 Å². The van der Waals surface area contributed by atoms with Crippen molar-refractivity contribution in [2.45, 2.75) is 25.2 Å². The van der Waals surface area contributed by atoms with Crippen LogP contribution < -0.4 is 14.2 Å². The van der Waals surface area contributed by atoms with Gasteiger partial charge in [-0.1, -0.05) is 11.6 Å². The lowest BCUT2D eigenvalue weighted by atomic mass is 9.85. The normalized spacial score (nSPS) is 19.5. The van der Waals surface area contributed by atoms with Gasteiger partial charge in [-0.2, -0.15) is 0 Å². The molecule has 2 aromatic carbocycles. The van der Waals surface area contributed by atoms with Gasteiger partial charge in [0.2, 0.25) is 0 Å². The van der Waals surface area contributed by atoms with Crippen LogP contribution in [0.25, 0.3) is 0 Å². The van der Waals surface area contributed by atoms with Crippen LogP contribution >= 0.6 is 11.6 Å². The quantitative estimate of drug-likeness (QED) is 0.785. The highest BCUT2D eigenvalue weighted by atomic mass is 35.5. The van der Waals surface area contributed by atoms with Gasteiger partial charge < -0.3 is 19.1 Å². The number of ether oxygens (including phenoxy) is 3. The fourth-order valence-corrected chi connectivity index (χ4v) is 4.51. The average Bonchev–Trinajstić information content (AvgIpc) is 2.85. The molecule has 0 saturated carbocycles. The predicted molar refractivity (Wildman–Crippen MR) is 108 cm³/mol. The van der Waals surface area contributed by atoms with Crippen molar-refractivity contribution in [2.75, 3.05) is 41.0 Å². The zero-order valence-corrected chi connectivity index (χ0v) is 16.9. The summed E-state index contributed by atoms with van der Waals surface area (Å²) in [6.07, 6.45) is 3.04. The number of rotatable bonds is 3. The lowest BCUT2D eigenvalue weighted by Gasteiger charge is -2.28. The van der Waals surface area contributed by atoms with E-state index < -0.39 is 0 Å². The van der Waals surface area contributed by atoms with Gasteiger partial charge in [0.15, 0.2) is 0 Å². The van der Waals surface area contributed by atoms with Crippen LogP contribution in [-0.4, -0.2) is 45.9 Å². The molecule has 144 valence electrons. The second-order valence-electron chi connectivity index (χ2n) is 7.41. The minimum Gasteiger partial charge on any atom is -0.497 e. The largest absolute Gasteiger partial charge is 0.497 e. The Labute approximate surface area is 166 Å². The minimum atomic E-state index is 0.181. The number of methoxy groups -OCH3 is 2. The van der Waals surface area contributed by atoms with Gasteiger partial charge in [-0.3, -0.25) is 0 Å². The summed E-state index contributed by atoms with van der Waals surface area (Å²) in [5, 5.41) is 0.670. The van der Waals surface area contributed by atoms with Crippen molar-refractivity contribution in [1.29, 1.82) is 0 Å². The van der Waals surface area contributed by atoms with E-state index in [1.807, 2.05) is 0 Å². The first kappa shape index (κ1) is 18.5. The molecule has 0 amide bonds. The molecule has 0 aliphatic carbocycles. The van der Waals surface area contributed by atoms with E-state index in [0.29, 0.717) is 5.02 Å². The van der Waals surface area contributed by atoms with Gasteiger partial charge in [-0.15, -0.1) is 0 Å². The molecule has 2 aromatic rings. The Morgan fingerprint density at radius 1 is 1.04 bits per heavy atom. The summed E-state index contributed by atoms with van der Waals surface area (Å²) < 4.78 is 17.3. The van der Waals surface area contributed by atoms with Gasteiger partial charge in [0.25, 0.3) is 0 Å². The molecule has 0 bridgehead atoms. The van der Waals surface area contributed by atoms with Crippen molar-refractivity contribution in [2.24, 2.45) is 0 Å². The third-order valence-corrected chi connectivity index (χ3v) is 5.96. The first-order valence-electron chi connectivity index (χ1n) is 9.49. The Hall–Kier alpha value is -1.91. The molecule has 0 aromatic heterocycles. The average molecular weight is 388 g/mol. The number of halogens is 1. The summed E-state index contributed by atoms with van der Waals surface area (Å²) in [6, 6.07) is 8.42. The molecule has 0 fully saturated rings. The molecule has 2 heterocycles. The minimum absolute atomic E-state index is 0.181.